The molecule has 1 aromatic carbocycles. The average Bonchev–Trinajstić information content (AvgIpc) is 2.49. The number of hydrogen-bond donors (Lipinski definition) is 1. The Morgan fingerprint density at radius 1 is 1.19 bits per heavy atom. The molecular formula is C16H14N2O3. The summed E-state index contributed by atoms with van der Waals surface area (Å²) in [6, 6.07) is 14.4. The van der Waals surface area contributed by atoms with Gasteiger partial charge in [-0.3, -0.25) is 9.59 Å². The van der Waals surface area contributed by atoms with E-state index in [0.29, 0.717) is 12.1 Å². The topological polar surface area (TPSA) is 83.1 Å². The molecule has 0 radical (unpaired) electrons. The first-order valence-corrected chi connectivity index (χ1v) is 6.54. The number of nitriles is 1. The van der Waals surface area contributed by atoms with Crippen molar-refractivity contribution in [3.8, 4) is 17.3 Å². The molecule has 5 nitrogen and oxygen atoms in total. The first-order chi connectivity index (χ1) is 10.1. The maximum Gasteiger partial charge on any atom is 0.303 e. The first-order valence-electron chi connectivity index (χ1n) is 6.54. The maximum absolute atomic E-state index is 12.3. The normalized spacial score (nSPS) is 10.0. The fourth-order valence-corrected chi connectivity index (χ4v) is 2.13. The highest BCUT2D eigenvalue weighted by molar-refractivity contribution is 5.66. The molecule has 0 saturated carbocycles. The number of rotatable bonds is 5. The lowest BCUT2D eigenvalue weighted by molar-refractivity contribution is -0.137. The summed E-state index contributed by atoms with van der Waals surface area (Å²) in [5.41, 5.74) is 1.22. The molecule has 2 rings (SSSR count). The summed E-state index contributed by atoms with van der Waals surface area (Å²) < 4.78 is 1.47. The van der Waals surface area contributed by atoms with Gasteiger partial charge in [-0.2, -0.15) is 5.26 Å². The minimum Gasteiger partial charge on any atom is -0.481 e. The molecule has 0 aliphatic carbocycles. The molecule has 1 heterocycles. The van der Waals surface area contributed by atoms with Gasteiger partial charge in [-0.05, 0) is 24.1 Å². The van der Waals surface area contributed by atoms with E-state index in [2.05, 4.69) is 0 Å². The highest BCUT2D eigenvalue weighted by Crippen LogP contribution is 2.18. The SMILES string of the molecule is N#Cc1ccc(-c2ccccc2)n(CCCC(=O)O)c1=O. The Kier molecular flexibility index (Phi) is 4.52. The second-order valence-corrected chi connectivity index (χ2v) is 4.56. The zero-order chi connectivity index (χ0) is 15.2. The number of carbonyl (C=O) groups is 1. The first kappa shape index (κ1) is 14.5. The van der Waals surface area contributed by atoms with Crippen LogP contribution in [0.3, 0.4) is 0 Å². The van der Waals surface area contributed by atoms with Gasteiger partial charge in [-0.25, -0.2) is 0 Å². The molecular weight excluding hydrogens is 268 g/mol. The molecule has 0 spiro atoms. The second-order valence-electron chi connectivity index (χ2n) is 4.56. The van der Waals surface area contributed by atoms with Crippen LogP contribution < -0.4 is 5.56 Å². The van der Waals surface area contributed by atoms with E-state index in [1.807, 2.05) is 36.4 Å². The number of benzene rings is 1. The molecule has 0 atom stereocenters. The molecule has 0 bridgehead atoms. The maximum atomic E-state index is 12.3. The highest BCUT2D eigenvalue weighted by atomic mass is 16.4. The summed E-state index contributed by atoms with van der Waals surface area (Å²) in [7, 11) is 0. The van der Waals surface area contributed by atoms with E-state index in [9.17, 15) is 9.59 Å². The van der Waals surface area contributed by atoms with Crippen molar-refractivity contribution < 1.29 is 9.90 Å². The standard InChI is InChI=1S/C16H14N2O3/c17-11-13-8-9-14(12-5-2-1-3-6-12)18(16(13)21)10-4-7-15(19)20/h1-3,5-6,8-9H,4,7,10H2,(H,19,20). The van der Waals surface area contributed by atoms with Crippen molar-refractivity contribution in [2.24, 2.45) is 0 Å². The van der Waals surface area contributed by atoms with Gasteiger partial charge in [-0.15, -0.1) is 0 Å². The number of nitrogens with zero attached hydrogens (tertiary/aromatic N) is 2. The number of carboxylic acids is 1. The molecule has 106 valence electrons. The van der Waals surface area contributed by atoms with Crippen molar-refractivity contribution >= 4 is 5.97 Å². The van der Waals surface area contributed by atoms with Crippen molar-refractivity contribution in [3.63, 3.8) is 0 Å². The van der Waals surface area contributed by atoms with Crippen LogP contribution in [0, 0.1) is 11.3 Å². The number of hydrogen-bond acceptors (Lipinski definition) is 3. The summed E-state index contributed by atoms with van der Waals surface area (Å²) >= 11 is 0. The average molecular weight is 282 g/mol. The molecule has 0 fully saturated rings. The molecule has 0 amide bonds. The van der Waals surface area contributed by atoms with Gasteiger partial charge in [0.15, 0.2) is 0 Å². The Balaban J connectivity index is 2.45. The minimum absolute atomic E-state index is 0.0164. The van der Waals surface area contributed by atoms with Crippen LogP contribution in [0.15, 0.2) is 47.3 Å². The smallest absolute Gasteiger partial charge is 0.303 e. The monoisotopic (exact) mass is 282 g/mol. The Morgan fingerprint density at radius 2 is 1.90 bits per heavy atom. The summed E-state index contributed by atoms with van der Waals surface area (Å²) in [6.45, 7) is 0.269. The van der Waals surface area contributed by atoms with E-state index in [0.717, 1.165) is 5.56 Å². The third-order valence-electron chi connectivity index (χ3n) is 3.14. The second kappa shape index (κ2) is 6.53. The van der Waals surface area contributed by atoms with Gasteiger partial charge < -0.3 is 9.67 Å². The summed E-state index contributed by atoms with van der Waals surface area (Å²) in [5.74, 6) is -0.902. The van der Waals surface area contributed by atoms with E-state index in [-0.39, 0.29) is 24.1 Å². The van der Waals surface area contributed by atoms with E-state index >= 15 is 0 Å². The fourth-order valence-electron chi connectivity index (χ4n) is 2.13. The van der Waals surface area contributed by atoms with Gasteiger partial charge in [0.05, 0.1) is 5.69 Å². The third-order valence-corrected chi connectivity index (χ3v) is 3.14. The number of pyridine rings is 1. The van der Waals surface area contributed by atoms with Crippen molar-refractivity contribution in [1.29, 1.82) is 5.26 Å². The Hall–Kier alpha value is -2.87. The lowest BCUT2D eigenvalue weighted by atomic mass is 10.1. The van der Waals surface area contributed by atoms with Crippen LogP contribution in [0.1, 0.15) is 18.4 Å². The molecule has 1 N–H and O–H groups in total. The summed E-state index contributed by atoms with van der Waals surface area (Å²) in [4.78, 5) is 22.9. The lowest BCUT2D eigenvalue weighted by Gasteiger charge is -2.13. The predicted molar refractivity (Wildman–Crippen MR) is 77.7 cm³/mol. The van der Waals surface area contributed by atoms with Crippen LogP contribution in [-0.2, 0) is 11.3 Å². The third kappa shape index (κ3) is 3.37. The quantitative estimate of drug-likeness (QED) is 0.911. The molecule has 0 unspecified atom stereocenters. The number of carboxylic acid groups (broad SMARTS) is 1. The zero-order valence-corrected chi connectivity index (χ0v) is 11.3. The van der Waals surface area contributed by atoms with Crippen LogP contribution in [-0.4, -0.2) is 15.6 Å². The van der Waals surface area contributed by atoms with Crippen molar-refractivity contribution in [3.05, 3.63) is 58.4 Å². The van der Waals surface area contributed by atoms with Gasteiger partial charge >= 0.3 is 5.97 Å². The Labute approximate surface area is 121 Å². The molecule has 1 aromatic heterocycles. The Bertz CT molecular complexity index is 742. The van der Waals surface area contributed by atoms with Crippen LogP contribution in [0.5, 0.6) is 0 Å². The molecule has 2 aromatic rings. The molecule has 0 aliphatic heterocycles. The van der Waals surface area contributed by atoms with Crippen LogP contribution >= 0.6 is 0 Å². The van der Waals surface area contributed by atoms with Crippen molar-refractivity contribution in [2.75, 3.05) is 0 Å². The van der Waals surface area contributed by atoms with Crippen LogP contribution in [0.4, 0.5) is 0 Å². The molecule has 0 saturated heterocycles. The van der Waals surface area contributed by atoms with E-state index in [1.165, 1.54) is 10.6 Å². The van der Waals surface area contributed by atoms with E-state index in [1.54, 1.807) is 6.07 Å². The number of aromatic nitrogens is 1. The van der Waals surface area contributed by atoms with Gasteiger partial charge in [0.25, 0.3) is 5.56 Å². The van der Waals surface area contributed by atoms with Crippen molar-refractivity contribution in [1.82, 2.24) is 4.57 Å². The van der Waals surface area contributed by atoms with Crippen molar-refractivity contribution in [2.45, 2.75) is 19.4 Å². The van der Waals surface area contributed by atoms with E-state index in [4.69, 9.17) is 10.4 Å². The van der Waals surface area contributed by atoms with Gasteiger partial charge in [0.2, 0.25) is 0 Å². The largest absolute Gasteiger partial charge is 0.481 e. The van der Waals surface area contributed by atoms with Gasteiger partial charge in [-0.1, -0.05) is 30.3 Å². The molecule has 21 heavy (non-hydrogen) atoms. The number of aliphatic carboxylic acids is 1. The lowest BCUT2D eigenvalue weighted by Crippen LogP contribution is -2.24. The van der Waals surface area contributed by atoms with E-state index < -0.39 is 5.97 Å². The summed E-state index contributed by atoms with van der Waals surface area (Å²) in [6.07, 6.45) is 0.321. The zero-order valence-electron chi connectivity index (χ0n) is 11.3. The highest BCUT2D eigenvalue weighted by Gasteiger charge is 2.10. The fraction of sp³-hybridized carbons (Fsp3) is 0.188. The minimum atomic E-state index is -0.902. The van der Waals surface area contributed by atoms with Crippen LogP contribution in [0.25, 0.3) is 11.3 Å². The van der Waals surface area contributed by atoms with Crippen LogP contribution in [0.2, 0.25) is 0 Å². The predicted octanol–water partition coefficient (Wildman–Crippen LogP) is 2.25. The van der Waals surface area contributed by atoms with Gasteiger partial charge in [0, 0.05) is 13.0 Å². The Morgan fingerprint density at radius 3 is 2.52 bits per heavy atom. The molecule has 5 heteroatoms. The summed E-state index contributed by atoms with van der Waals surface area (Å²) in [5, 5.41) is 17.7. The molecule has 0 aliphatic rings. The van der Waals surface area contributed by atoms with Gasteiger partial charge in [0.1, 0.15) is 11.6 Å².